The van der Waals surface area contributed by atoms with Crippen LogP contribution in [0.2, 0.25) is 0 Å². The van der Waals surface area contributed by atoms with Gasteiger partial charge >= 0.3 is 0 Å². The number of aromatic nitrogens is 1. The van der Waals surface area contributed by atoms with Gasteiger partial charge in [-0.1, -0.05) is 30.3 Å². The van der Waals surface area contributed by atoms with Gasteiger partial charge in [-0.2, -0.15) is 0 Å². The number of halogens is 1. The molecule has 1 heterocycles. The van der Waals surface area contributed by atoms with Gasteiger partial charge in [0.15, 0.2) is 0 Å². The Labute approximate surface area is 152 Å². The van der Waals surface area contributed by atoms with E-state index in [4.69, 9.17) is 14.2 Å². The number of pyridine rings is 1. The molecule has 2 rings (SSSR count). The summed E-state index contributed by atoms with van der Waals surface area (Å²) >= 11 is 3.38. The van der Waals surface area contributed by atoms with Crippen molar-refractivity contribution in [1.29, 1.82) is 0 Å². The Balaban J connectivity index is 1.56. The minimum atomic E-state index is -0.0263. The molecule has 5 heteroatoms. The first-order valence-electron chi connectivity index (χ1n) is 8.14. The van der Waals surface area contributed by atoms with Crippen LogP contribution in [0.5, 0.6) is 5.75 Å². The zero-order chi connectivity index (χ0) is 17.2. The van der Waals surface area contributed by atoms with Crippen molar-refractivity contribution in [3.8, 4) is 5.75 Å². The number of rotatable bonds is 10. The van der Waals surface area contributed by atoms with Crippen LogP contribution in [0.15, 0.2) is 53.3 Å². The normalized spacial score (nSPS) is 13.5. The molecular formula is C19H24BrNO3. The van der Waals surface area contributed by atoms with Gasteiger partial charge in [0.25, 0.3) is 0 Å². The highest BCUT2D eigenvalue weighted by molar-refractivity contribution is 9.10. The fraction of sp³-hybridized carbons (Fsp3) is 0.421. The average Bonchev–Trinajstić information content (AvgIpc) is 2.58. The van der Waals surface area contributed by atoms with Crippen molar-refractivity contribution in [3.05, 3.63) is 58.8 Å². The molecule has 2 aromatic rings. The van der Waals surface area contributed by atoms with Gasteiger partial charge in [-0.15, -0.1) is 0 Å². The number of nitrogens with zero attached hydrogens (tertiary/aromatic N) is 1. The van der Waals surface area contributed by atoms with Gasteiger partial charge in [0.05, 0.1) is 25.5 Å². The van der Waals surface area contributed by atoms with Crippen LogP contribution in [0.1, 0.15) is 25.8 Å². The first-order valence-corrected chi connectivity index (χ1v) is 8.93. The van der Waals surface area contributed by atoms with Gasteiger partial charge in [0.2, 0.25) is 0 Å². The zero-order valence-electron chi connectivity index (χ0n) is 14.2. The number of hydrogen-bond donors (Lipinski definition) is 0. The Bertz CT molecular complexity index is 594. The first kappa shape index (κ1) is 18.9. The maximum atomic E-state index is 5.82. The minimum absolute atomic E-state index is 0.0263. The summed E-state index contributed by atoms with van der Waals surface area (Å²) in [5, 5.41) is 0. The molecule has 0 fully saturated rings. The van der Waals surface area contributed by atoms with E-state index >= 15 is 0 Å². The second kappa shape index (κ2) is 10.4. The molecule has 0 radical (unpaired) electrons. The zero-order valence-corrected chi connectivity index (χ0v) is 15.7. The molecule has 1 aromatic heterocycles. The van der Waals surface area contributed by atoms with Crippen molar-refractivity contribution in [1.82, 2.24) is 4.98 Å². The Morgan fingerprint density at radius 1 is 1.08 bits per heavy atom. The third kappa shape index (κ3) is 7.43. The van der Waals surface area contributed by atoms with Crippen LogP contribution in [-0.2, 0) is 16.1 Å². The Kier molecular flexibility index (Phi) is 8.22. The summed E-state index contributed by atoms with van der Waals surface area (Å²) in [6.07, 6.45) is 4.42. The predicted molar refractivity (Wildman–Crippen MR) is 98.2 cm³/mol. The van der Waals surface area contributed by atoms with Crippen LogP contribution in [0.3, 0.4) is 0 Å². The van der Waals surface area contributed by atoms with Gasteiger partial charge in [0, 0.05) is 17.3 Å². The van der Waals surface area contributed by atoms with E-state index in [-0.39, 0.29) is 12.2 Å². The number of hydrogen-bond acceptors (Lipinski definition) is 4. The van der Waals surface area contributed by atoms with E-state index < -0.39 is 0 Å². The molecule has 0 aliphatic heterocycles. The van der Waals surface area contributed by atoms with E-state index in [0.717, 1.165) is 16.6 Å². The average molecular weight is 394 g/mol. The topological polar surface area (TPSA) is 40.6 Å². The van der Waals surface area contributed by atoms with Crippen LogP contribution in [0.25, 0.3) is 0 Å². The van der Waals surface area contributed by atoms with E-state index in [1.165, 1.54) is 5.56 Å². The second-order valence-electron chi connectivity index (χ2n) is 5.74. The van der Waals surface area contributed by atoms with E-state index in [1.54, 1.807) is 12.4 Å². The Hall–Kier alpha value is -1.43. The van der Waals surface area contributed by atoms with E-state index in [1.807, 2.05) is 31.2 Å². The Morgan fingerprint density at radius 2 is 1.88 bits per heavy atom. The van der Waals surface area contributed by atoms with Crippen molar-refractivity contribution in [2.45, 2.75) is 39.1 Å². The van der Waals surface area contributed by atoms with Gasteiger partial charge in [0.1, 0.15) is 11.9 Å². The lowest BCUT2D eigenvalue weighted by molar-refractivity contribution is 0.00734. The SMILES string of the molecule is C[C@H](CCOC[C@H](C)Oc1cncc(Br)c1)OCc1ccccc1. The predicted octanol–water partition coefficient (Wildman–Crippen LogP) is 4.62. The molecule has 0 saturated carbocycles. The van der Waals surface area contributed by atoms with Gasteiger partial charge in [-0.3, -0.25) is 4.98 Å². The first-order chi connectivity index (χ1) is 11.6. The summed E-state index contributed by atoms with van der Waals surface area (Å²) < 4.78 is 18.2. The van der Waals surface area contributed by atoms with Crippen molar-refractivity contribution in [3.63, 3.8) is 0 Å². The maximum absolute atomic E-state index is 5.82. The van der Waals surface area contributed by atoms with E-state index in [9.17, 15) is 0 Å². The Morgan fingerprint density at radius 3 is 2.62 bits per heavy atom. The third-order valence-corrected chi connectivity index (χ3v) is 3.85. The monoisotopic (exact) mass is 393 g/mol. The van der Waals surface area contributed by atoms with Crippen molar-refractivity contribution < 1.29 is 14.2 Å². The molecule has 0 saturated heterocycles. The van der Waals surface area contributed by atoms with Crippen molar-refractivity contribution in [2.24, 2.45) is 0 Å². The lowest BCUT2D eigenvalue weighted by atomic mass is 10.2. The summed E-state index contributed by atoms with van der Waals surface area (Å²) in [5.41, 5.74) is 1.19. The molecule has 0 aliphatic rings. The maximum Gasteiger partial charge on any atom is 0.139 e. The molecule has 2 atom stereocenters. The molecule has 4 nitrogen and oxygen atoms in total. The number of ether oxygens (including phenoxy) is 3. The number of benzene rings is 1. The van der Waals surface area contributed by atoms with E-state index in [2.05, 4.69) is 40.0 Å². The van der Waals surface area contributed by atoms with Crippen molar-refractivity contribution >= 4 is 15.9 Å². The highest BCUT2D eigenvalue weighted by atomic mass is 79.9. The fourth-order valence-corrected chi connectivity index (χ4v) is 2.46. The molecule has 0 amide bonds. The molecular weight excluding hydrogens is 370 g/mol. The quantitative estimate of drug-likeness (QED) is 0.552. The standard InChI is InChI=1S/C19H24BrNO3/c1-15(23-14-17-6-4-3-5-7-17)8-9-22-13-16(2)24-19-10-18(20)11-21-12-19/h3-7,10-12,15-16H,8-9,13-14H2,1-2H3/t15-,16+/m1/s1. The highest BCUT2D eigenvalue weighted by Gasteiger charge is 2.07. The van der Waals surface area contributed by atoms with Crippen LogP contribution in [-0.4, -0.2) is 30.4 Å². The molecule has 130 valence electrons. The van der Waals surface area contributed by atoms with E-state index in [0.29, 0.717) is 19.8 Å². The van der Waals surface area contributed by atoms with Gasteiger partial charge < -0.3 is 14.2 Å². The molecule has 0 bridgehead atoms. The smallest absolute Gasteiger partial charge is 0.139 e. The van der Waals surface area contributed by atoms with Crippen molar-refractivity contribution in [2.75, 3.05) is 13.2 Å². The summed E-state index contributed by atoms with van der Waals surface area (Å²) in [6, 6.07) is 12.1. The third-order valence-electron chi connectivity index (χ3n) is 3.42. The van der Waals surface area contributed by atoms with Crippen LogP contribution >= 0.6 is 15.9 Å². The molecule has 24 heavy (non-hydrogen) atoms. The molecule has 0 spiro atoms. The van der Waals surface area contributed by atoms with Crippen LogP contribution in [0.4, 0.5) is 0 Å². The summed E-state index contributed by atoms with van der Waals surface area (Å²) in [6.45, 7) is 5.88. The molecule has 0 unspecified atom stereocenters. The summed E-state index contributed by atoms with van der Waals surface area (Å²) in [5.74, 6) is 0.736. The van der Waals surface area contributed by atoms with Gasteiger partial charge in [-0.25, -0.2) is 0 Å². The van der Waals surface area contributed by atoms with Crippen LogP contribution < -0.4 is 4.74 Å². The molecule has 0 N–H and O–H groups in total. The van der Waals surface area contributed by atoms with Gasteiger partial charge in [-0.05, 0) is 47.8 Å². The molecule has 0 aliphatic carbocycles. The lowest BCUT2D eigenvalue weighted by Gasteiger charge is -2.16. The molecule has 1 aromatic carbocycles. The summed E-state index contributed by atoms with van der Waals surface area (Å²) in [4.78, 5) is 4.07. The van der Waals surface area contributed by atoms with Crippen LogP contribution in [0, 0.1) is 0 Å². The summed E-state index contributed by atoms with van der Waals surface area (Å²) in [7, 11) is 0. The minimum Gasteiger partial charge on any atom is -0.487 e. The highest BCUT2D eigenvalue weighted by Crippen LogP contribution is 2.17. The fourth-order valence-electron chi connectivity index (χ4n) is 2.12. The lowest BCUT2D eigenvalue weighted by Crippen LogP contribution is -2.21. The second-order valence-corrected chi connectivity index (χ2v) is 6.65. The largest absolute Gasteiger partial charge is 0.487 e.